The number of amides is 2. The molecule has 2 amide bonds. The van der Waals surface area contributed by atoms with Crippen LogP contribution in [0.4, 0.5) is 0 Å². The maximum atomic E-state index is 11.8. The predicted molar refractivity (Wildman–Crippen MR) is 61.4 cm³/mol. The van der Waals surface area contributed by atoms with Gasteiger partial charge in [-0.15, -0.1) is 0 Å². The zero-order chi connectivity index (χ0) is 12.3. The summed E-state index contributed by atoms with van der Waals surface area (Å²) in [6.07, 6.45) is 1.84. The Balaban J connectivity index is 1.74. The van der Waals surface area contributed by atoms with Crippen molar-refractivity contribution in [3.05, 3.63) is 0 Å². The molecule has 1 heterocycles. The molecular formula is C11H19N3O3. The van der Waals surface area contributed by atoms with E-state index >= 15 is 0 Å². The van der Waals surface area contributed by atoms with E-state index in [9.17, 15) is 9.59 Å². The fraction of sp³-hybridized carbons (Fsp3) is 0.818. The van der Waals surface area contributed by atoms with Crippen LogP contribution < -0.4 is 10.6 Å². The van der Waals surface area contributed by atoms with Crippen molar-refractivity contribution < 1.29 is 14.3 Å². The van der Waals surface area contributed by atoms with Gasteiger partial charge in [-0.05, 0) is 12.8 Å². The van der Waals surface area contributed by atoms with Gasteiger partial charge in [0.05, 0.1) is 6.10 Å². The minimum Gasteiger partial charge on any atom is -0.381 e. The van der Waals surface area contributed by atoms with Gasteiger partial charge in [-0.3, -0.25) is 9.59 Å². The monoisotopic (exact) mass is 241 g/mol. The highest BCUT2D eigenvalue weighted by Crippen LogP contribution is 2.22. The average molecular weight is 241 g/mol. The fourth-order valence-electron chi connectivity index (χ4n) is 2.13. The lowest BCUT2D eigenvalue weighted by atomic mass is 9.89. The van der Waals surface area contributed by atoms with Crippen molar-refractivity contribution >= 4 is 11.8 Å². The van der Waals surface area contributed by atoms with Gasteiger partial charge in [0.25, 0.3) is 0 Å². The van der Waals surface area contributed by atoms with Crippen LogP contribution in [0.15, 0.2) is 0 Å². The molecule has 2 fully saturated rings. The molecule has 2 rings (SSSR count). The molecule has 6 heteroatoms. The molecule has 0 bridgehead atoms. The zero-order valence-electron chi connectivity index (χ0n) is 10.1. The summed E-state index contributed by atoms with van der Waals surface area (Å²) in [5.41, 5.74) is 0. The summed E-state index contributed by atoms with van der Waals surface area (Å²) in [6.45, 7) is 2.73. The Kier molecular flexibility index (Phi) is 3.96. The van der Waals surface area contributed by atoms with Crippen molar-refractivity contribution in [2.75, 3.05) is 33.3 Å². The zero-order valence-corrected chi connectivity index (χ0v) is 10.1. The Bertz CT molecular complexity index is 296. The molecule has 1 saturated heterocycles. The summed E-state index contributed by atoms with van der Waals surface area (Å²) < 4.78 is 5.12. The number of carbonyl (C=O) groups is 2. The fourth-order valence-corrected chi connectivity index (χ4v) is 2.13. The summed E-state index contributed by atoms with van der Waals surface area (Å²) in [6, 6.07) is 0.0966. The molecule has 96 valence electrons. The van der Waals surface area contributed by atoms with E-state index in [1.165, 1.54) is 0 Å². The first kappa shape index (κ1) is 12.3. The Labute approximate surface area is 101 Å². The van der Waals surface area contributed by atoms with Gasteiger partial charge in [-0.2, -0.15) is 0 Å². The van der Waals surface area contributed by atoms with Crippen molar-refractivity contribution in [2.45, 2.75) is 25.0 Å². The Morgan fingerprint density at radius 2 is 1.94 bits per heavy atom. The maximum Gasteiger partial charge on any atom is 0.311 e. The summed E-state index contributed by atoms with van der Waals surface area (Å²) >= 11 is 0. The van der Waals surface area contributed by atoms with Gasteiger partial charge in [0, 0.05) is 39.3 Å². The van der Waals surface area contributed by atoms with Gasteiger partial charge in [-0.1, -0.05) is 0 Å². The number of hydrogen-bond acceptors (Lipinski definition) is 4. The second-order valence-corrected chi connectivity index (χ2v) is 4.54. The van der Waals surface area contributed by atoms with Crippen LogP contribution in [0.2, 0.25) is 0 Å². The van der Waals surface area contributed by atoms with Crippen LogP contribution in [0.5, 0.6) is 0 Å². The smallest absolute Gasteiger partial charge is 0.311 e. The molecule has 0 radical (unpaired) electrons. The normalized spacial score (nSPS) is 28.4. The SMILES string of the molecule is COC1CC(NC(=O)C(=O)N2CCNCC2)C1. The van der Waals surface area contributed by atoms with Crippen LogP contribution in [0.1, 0.15) is 12.8 Å². The number of piperazine rings is 1. The van der Waals surface area contributed by atoms with Gasteiger partial charge in [0.1, 0.15) is 0 Å². The van der Waals surface area contributed by atoms with E-state index < -0.39 is 11.8 Å². The maximum absolute atomic E-state index is 11.8. The van der Waals surface area contributed by atoms with E-state index in [4.69, 9.17) is 4.74 Å². The molecule has 0 unspecified atom stereocenters. The van der Waals surface area contributed by atoms with E-state index in [-0.39, 0.29) is 12.1 Å². The second-order valence-electron chi connectivity index (χ2n) is 4.54. The quantitative estimate of drug-likeness (QED) is 0.590. The van der Waals surface area contributed by atoms with Crippen molar-refractivity contribution in [3.63, 3.8) is 0 Å². The van der Waals surface area contributed by atoms with Crippen molar-refractivity contribution in [2.24, 2.45) is 0 Å². The summed E-state index contributed by atoms with van der Waals surface area (Å²) in [4.78, 5) is 25.1. The number of nitrogens with zero attached hydrogens (tertiary/aromatic N) is 1. The van der Waals surface area contributed by atoms with Gasteiger partial charge in [0.15, 0.2) is 0 Å². The molecule has 0 aromatic rings. The topological polar surface area (TPSA) is 70.7 Å². The largest absolute Gasteiger partial charge is 0.381 e. The Morgan fingerprint density at radius 3 is 2.53 bits per heavy atom. The standard InChI is InChI=1S/C11H19N3O3/c1-17-9-6-8(7-9)13-10(15)11(16)14-4-2-12-3-5-14/h8-9,12H,2-7H2,1H3,(H,13,15). The predicted octanol–water partition coefficient (Wildman–Crippen LogP) is -1.29. The number of carbonyl (C=O) groups excluding carboxylic acids is 2. The van der Waals surface area contributed by atoms with Crippen LogP contribution in [-0.4, -0.2) is 62.1 Å². The van der Waals surface area contributed by atoms with E-state index in [2.05, 4.69) is 10.6 Å². The lowest BCUT2D eigenvalue weighted by Crippen LogP contribution is -2.55. The van der Waals surface area contributed by atoms with Crippen molar-refractivity contribution in [1.82, 2.24) is 15.5 Å². The molecule has 1 saturated carbocycles. The van der Waals surface area contributed by atoms with Gasteiger partial charge in [-0.25, -0.2) is 0 Å². The second kappa shape index (κ2) is 5.46. The van der Waals surface area contributed by atoms with Crippen molar-refractivity contribution in [1.29, 1.82) is 0 Å². The number of nitrogens with one attached hydrogen (secondary N) is 2. The van der Waals surface area contributed by atoms with Crippen LogP contribution in [0.3, 0.4) is 0 Å². The minimum absolute atomic E-state index is 0.0966. The van der Waals surface area contributed by atoms with E-state index in [1.54, 1.807) is 12.0 Å². The lowest BCUT2D eigenvalue weighted by molar-refractivity contribution is -0.147. The third kappa shape index (κ3) is 2.95. The summed E-state index contributed by atoms with van der Waals surface area (Å²) in [5, 5.41) is 5.89. The number of ether oxygens (including phenoxy) is 1. The third-order valence-electron chi connectivity index (χ3n) is 3.36. The molecule has 6 nitrogen and oxygen atoms in total. The number of methoxy groups -OCH3 is 1. The molecule has 1 aliphatic heterocycles. The van der Waals surface area contributed by atoms with E-state index in [1.807, 2.05) is 0 Å². The molecule has 2 N–H and O–H groups in total. The van der Waals surface area contributed by atoms with Crippen LogP contribution in [-0.2, 0) is 14.3 Å². The molecular weight excluding hydrogens is 222 g/mol. The molecule has 1 aliphatic carbocycles. The number of rotatable bonds is 2. The summed E-state index contributed by atoms with van der Waals surface area (Å²) in [7, 11) is 1.66. The first-order chi connectivity index (χ1) is 8.20. The highest BCUT2D eigenvalue weighted by atomic mass is 16.5. The third-order valence-corrected chi connectivity index (χ3v) is 3.36. The van der Waals surface area contributed by atoms with Gasteiger partial charge < -0.3 is 20.3 Å². The van der Waals surface area contributed by atoms with Crippen molar-refractivity contribution in [3.8, 4) is 0 Å². The number of hydrogen-bond donors (Lipinski definition) is 2. The molecule has 0 aromatic carbocycles. The van der Waals surface area contributed by atoms with E-state index in [0.29, 0.717) is 13.1 Å². The van der Waals surface area contributed by atoms with Crippen LogP contribution >= 0.6 is 0 Å². The lowest BCUT2D eigenvalue weighted by Gasteiger charge is -2.35. The highest BCUT2D eigenvalue weighted by molar-refractivity contribution is 6.35. The molecule has 17 heavy (non-hydrogen) atoms. The minimum atomic E-state index is -0.480. The Morgan fingerprint density at radius 1 is 1.29 bits per heavy atom. The van der Waals surface area contributed by atoms with Gasteiger partial charge in [0.2, 0.25) is 0 Å². The first-order valence-corrected chi connectivity index (χ1v) is 6.04. The average Bonchev–Trinajstić information content (AvgIpc) is 2.33. The van der Waals surface area contributed by atoms with Gasteiger partial charge >= 0.3 is 11.8 Å². The Hall–Kier alpha value is -1.14. The highest BCUT2D eigenvalue weighted by Gasteiger charge is 2.32. The molecule has 0 atom stereocenters. The first-order valence-electron chi connectivity index (χ1n) is 6.04. The molecule has 2 aliphatic rings. The van der Waals surface area contributed by atoms with E-state index in [0.717, 1.165) is 25.9 Å². The van der Waals surface area contributed by atoms with Crippen LogP contribution in [0.25, 0.3) is 0 Å². The van der Waals surface area contributed by atoms with Crippen LogP contribution in [0, 0.1) is 0 Å². The summed E-state index contributed by atoms with van der Waals surface area (Å²) in [5.74, 6) is -0.890. The molecule has 0 spiro atoms. The molecule has 0 aromatic heterocycles.